The van der Waals surface area contributed by atoms with Crippen LogP contribution in [0.5, 0.6) is 0 Å². The lowest BCUT2D eigenvalue weighted by atomic mass is 10.3. The summed E-state index contributed by atoms with van der Waals surface area (Å²) in [5.41, 5.74) is 0.268. The van der Waals surface area contributed by atoms with Crippen LogP contribution in [0.15, 0.2) is 23.1 Å². The summed E-state index contributed by atoms with van der Waals surface area (Å²) in [6.45, 7) is 1.60. The molecule has 0 radical (unpaired) electrons. The van der Waals surface area contributed by atoms with E-state index in [1.807, 2.05) is 0 Å². The monoisotopic (exact) mass is 316 g/mol. The van der Waals surface area contributed by atoms with Crippen LogP contribution >= 0.6 is 11.5 Å². The van der Waals surface area contributed by atoms with Crippen LogP contribution in [0.25, 0.3) is 0 Å². The number of aryl methyl sites for hydroxylation is 1. The lowest BCUT2D eigenvalue weighted by Gasteiger charge is -2.06. The Morgan fingerprint density at radius 3 is 2.65 bits per heavy atom. The van der Waals surface area contributed by atoms with Crippen molar-refractivity contribution >= 4 is 33.2 Å². The van der Waals surface area contributed by atoms with Crippen LogP contribution in [0.3, 0.4) is 0 Å². The van der Waals surface area contributed by atoms with Gasteiger partial charge in [-0.3, -0.25) is 4.79 Å². The van der Waals surface area contributed by atoms with Gasteiger partial charge < -0.3 is 5.32 Å². The maximum Gasteiger partial charge on any atom is 0.269 e. The summed E-state index contributed by atoms with van der Waals surface area (Å²) >= 11 is 0.879. The second kappa shape index (κ2) is 5.23. The number of rotatable bonds is 3. The molecule has 2 aromatic rings. The molecule has 0 aliphatic rings. The first-order valence-electron chi connectivity index (χ1n) is 5.21. The van der Waals surface area contributed by atoms with Gasteiger partial charge in [0.15, 0.2) is 0 Å². The zero-order valence-corrected chi connectivity index (χ0v) is 11.8. The number of carbonyl (C=O) groups is 1. The maximum atomic E-state index is 13.7. The molecule has 1 aromatic heterocycles. The van der Waals surface area contributed by atoms with Crippen LogP contribution in [0.4, 0.5) is 10.1 Å². The predicted octanol–water partition coefficient (Wildman–Crippen LogP) is 0.885. The first-order valence-corrected chi connectivity index (χ1v) is 7.53. The maximum absolute atomic E-state index is 13.7. The highest BCUT2D eigenvalue weighted by Gasteiger charge is 2.17. The summed E-state index contributed by atoms with van der Waals surface area (Å²) in [6, 6.07) is 2.96. The highest BCUT2D eigenvalue weighted by atomic mass is 32.2. The fraction of sp³-hybridized carbons (Fsp3) is 0.100. The van der Waals surface area contributed by atoms with Gasteiger partial charge >= 0.3 is 0 Å². The van der Waals surface area contributed by atoms with Crippen molar-refractivity contribution < 1.29 is 17.6 Å². The minimum atomic E-state index is -3.99. The van der Waals surface area contributed by atoms with E-state index in [1.165, 1.54) is 0 Å². The van der Waals surface area contributed by atoms with Crippen LogP contribution < -0.4 is 10.5 Å². The van der Waals surface area contributed by atoms with Crippen LogP contribution in [-0.4, -0.2) is 23.9 Å². The SMILES string of the molecule is Cc1nnsc1C(=O)Nc1ccc(S(N)(=O)=O)cc1F. The number of hydrogen-bond donors (Lipinski definition) is 2. The van der Waals surface area contributed by atoms with Crippen molar-refractivity contribution in [2.75, 3.05) is 5.32 Å². The third kappa shape index (κ3) is 2.98. The Morgan fingerprint density at radius 1 is 1.45 bits per heavy atom. The van der Waals surface area contributed by atoms with Gasteiger partial charge in [-0.05, 0) is 36.7 Å². The number of nitrogens with one attached hydrogen (secondary N) is 1. The van der Waals surface area contributed by atoms with E-state index in [0.29, 0.717) is 5.69 Å². The third-order valence-electron chi connectivity index (χ3n) is 2.38. The summed E-state index contributed by atoms with van der Waals surface area (Å²) in [5, 5.41) is 10.9. The van der Waals surface area contributed by atoms with E-state index in [0.717, 1.165) is 29.7 Å². The Morgan fingerprint density at radius 2 is 2.15 bits per heavy atom. The molecule has 1 heterocycles. The molecular weight excluding hydrogens is 307 g/mol. The van der Waals surface area contributed by atoms with Gasteiger partial charge in [-0.2, -0.15) is 0 Å². The predicted molar refractivity (Wildman–Crippen MR) is 70.4 cm³/mol. The van der Waals surface area contributed by atoms with Gasteiger partial charge in [-0.1, -0.05) is 4.49 Å². The molecule has 7 nitrogen and oxygen atoms in total. The third-order valence-corrected chi connectivity index (χ3v) is 4.11. The van der Waals surface area contributed by atoms with Gasteiger partial charge in [-0.25, -0.2) is 17.9 Å². The fourth-order valence-electron chi connectivity index (χ4n) is 1.39. The van der Waals surface area contributed by atoms with E-state index in [-0.39, 0.29) is 15.5 Å². The number of amides is 1. The number of halogens is 1. The molecule has 106 valence electrons. The summed E-state index contributed by atoms with van der Waals surface area (Å²) in [7, 11) is -3.99. The molecule has 0 saturated carbocycles. The molecule has 0 bridgehead atoms. The zero-order valence-electron chi connectivity index (χ0n) is 10.1. The molecule has 0 atom stereocenters. The molecule has 10 heteroatoms. The lowest BCUT2D eigenvalue weighted by Crippen LogP contribution is -2.15. The van der Waals surface area contributed by atoms with Gasteiger partial charge in [-0.15, -0.1) is 5.10 Å². The van der Waals surface area contributed by atoms with Crippen LogP contribution in [-0.2, 0) is 10.0 Å². The van der Waals surface area contributed by atoms with Crippen molar-refractivity contribution in [3.8, 4) is 0 Å². The van der Waals surface area contributed by atoms with Crippen molar-refractivity contribution in [3.63, 3.8) is 0 Å². The van der Waals surface area contributed by atoms with Crippen LogP contribution in [0.2, 0.25) is 0 Å². The molecule has 0 spiro atoms. The molecule has 0 aliphatic heterocycles. The van der Waals surface area contributed by atoms with Gasteiger partial charge in [0.1, 0.15) is 10.7 Å². The number of anilines is 1. The number of sulfonamides is 1. The van der Waals surface area contributed by atoms with Crippen LogP contribution in [0.1, 0.15) is 15.4 Å². The topological polar surface area (TPSA) is 115 Å². The number of nitrogens with two attached hydrogens (primary N) is 1. The first-order chi connectivity index (χ1) is 9.29. The number of primary sulfonamides is 1. The number of benzene rings is 1. The summed E-state index contributed by atoms with van der Waals surface area (Å²) in [4.78, 5) is 11.7. The highest BCUT2D eigenvalue weighted by Crippen LogP contribution is 2.20. The molecule has 0 aliphatic carbocycles. The van der Waals surface area contributed by atoms with E-state index in [9.17, 15) is 17.6 Å². The molecule has 0 fully saturated rings. The van der Waals surface area contributed by atoms with Gasteiger partial charge in [0.05, 0.1) is 16.3 Å². The second-order valence-corrected chi connectivity index (χ2v) is 6.14. The van der Waals surface area contributed by atoms with E-state index in [1.54, 1.807) is 6.92 Å². The molecule has 1 amide bonds. The normalized spacial score (nSPS) is 11.3. The van der Waals surface area contributed by atoms with Crippen molar-refractivity contribution in [3.05, 3.63) is 34.6 Å². The molecule has 20 heavy (non-hydrogen) atoms. The minimum Gasteiger partial charge on any atom is -0.319 e. The number of nitrogens with zero attached hydrogens (tertiary/aromatic N) is 2. The van der Waals surface area contributed by atoms with Crippen molar-refractivity contribution in [1.29, 1.82) is 0 Å². The Hall–Kier alpha value is -1.91. The smallest absolute Gasteiger partial charge is 0.269 e. The van der Waals surface area contributed by atoms with E-state index in [4.69, 9.17) is 5.14 Å². The van der Waals surface area contributed by atoms with Crippen molar-refractivity contribution in [2.24, 2.45) is 5.14 Å². The molecule has 1 aromatic carbocycles. The largest absolute Gasteiger partial charge is 0.319 e. The van der Waals surface area contributed by atoms with E-state index >= 15 is 0 Å². The van der Waals surface area contributed by atoms with Crippen molar-refractivity contribution in [2.45, 2.75) is 11.8 Å². The second-order valence-electron chi connectivity index (χ2n) is 3.83. The molecule has 0 unspecified atom stereocenters. The number of carbonyl (C=O) groups excluding carboxylic acids is 1. The van der Waals surface area contributed by atoms with Gasteiger partial charge in [0.2, 0.25) is 10.0 Å². The Kier molecular flexibility index (Phi) is 3.79. The number of hydrogen-bond acceptors (Lipinski definition) is 6. The van der Waals surface area contributed by atoms with E-state index in [2.05, 4.69) is 14.9 Å². The summed E-state index contributed by atoms with van der Waals surface area (Å²) in [6.07, 6.45) is 0. The minimum absolute atomic E-state index is 0.157. The van der Waals surface area contributed by atoms with E-state index < -0.39 is 21.7 Å². The Labute approximate surface area is 117 Å². The average molecular weight is 316 g/mol. The fourth-order valence-corrected chi connectivity index (χ4v) is 2.47. The summed E-state index contributed by atoms with van der Waals surface area (Å²) in [5.74, 6) is -1.47. The standard InChI is InChI=1S/C10H9FN4O3S2/c1-5-9(19-15-14-5)10(16)13-8-3-2-6(4-7(8)11)20(12,17)18/h2-4H,1H3,(H,13,16)(H2,12,17,18). The first kappa shape index (κ1) is 14.5. The van der Waals surface area contributed by atoms with Crippen molar-refractivity contribution in [1.82, 2.24) is 9.59 Å². The number of aromatic nitrogens is 2. The molecule has 3 N–H and O–H groups in total. The average Bonchev–Trinajstić information content (AvgIpc) is 2.76. The highest BCUT2D eigenvalue weighted by molar-refractivity contribution is 7.89. The Bertz CT molecular complexity index is 773. The quantitative estimate of drug-likeness (QED) is 0.872. The van der Waals surface area contributed by atoms with Gasteiger partial charge in [0.25, 0.3) is 5.91 Å². The molecule has 2 rings (SSSR count). The van der Waals surface area contributed by atoms with Gasteiger partial charge in [0, 0.05) is 0 Å². The lowest BCUT2D eigenvalue weighted by molar-refractivity contribution is 0.102. The summed E-state index contributed by atoms with van der Waals surface area (Å²) < 4.78 is 39.4. The van der Waals surface area contributed by atoms with Crippen LogP contribution in [0, 0.1) is 12.7 Å². The zero-order chi connectivity index (χ0) is 14.9. The Balaban J connectivity index is 2.27. The molecular formula is C10H9FN4O3S2. The molecule has 0 saturated heterocycles.